The molecular weight excluding hydrogens is 232 g/mol. The zero-order valence-electron chi connectivity index (χ0n) is 10.6. The highest BCUT2D eigenvalue weighted by Gasteiger charge is 2.42. The van der Waals surface area contributed by atoms with E-state index in [1.54, 1.807) is 24.1 Å². The molecule has 1 saturated heterocycles. The zero-order chi connectivity index (χ0) is 13.2. The molecule has 5 heteroatoms. The topological polar surface area (TPSA) is 61.8 Å². The van der Waals surface area contributed by atoms with E-state index in [-0.39, 0.29) is 6.03 Å². The number of carbonyl (C=O) groups excluding carboxylic acids is 1. The van der Waals surface area contributed by atoms with Crippen molar-refractivity contribution in [2.24, 2.45) is 0 Å². The summed E-state index contributed by atoms with van der Waals surface area (Å²) in [5, 5.41) is 12.6. The molecule has 2 amide bonds. The third kappa shape index (κ3) is 2.56. The van der Waals surface area contributed by atoms with Crippen LogP contribution in [0.1, 0.15) is 13.3 Å². The Labute approximate surface area is 106 Å². The van der Waals surface area contributed by atoms with Gasteiger partial charge in [-0.2, -0.15) is 0 Å². The first-order chi connectivity index (χ1) is 8.56. The van der Waals surface area contributed by atoms with Gasteiger partial charge in [-0.25, -0.2) is 4.79 Å². The molecule has 0 unspecified atom stereocenters. The number of nitrogens with zero attached hydrogens (tertiary/aromatic N) is 1. The van der Waals surface area contributed by atoms with Crippen LogP contribution >= 0.6 is 0 Å². The Bertz CT molecular complexity index is 442. The maximum atomic E-state index is 11.9. The number of methoxy groups -OCH3 is 1. The fraction of sp³-hybridized carbons (Fsp3) is 0.462. The normalized spacial score (nSPS) is 16.9. The van der Waals surface area contributed by atoms with E-state index in [0.29, 0.717) is 30.9 Å². The van der Waals surface area contributed by atoms with Crippen molar-refractivity contribution in [1.29, 1.82) is 0 Å². The number of carbonyl (C=O) groups is 1. The summed E-state index contributed by atoms with van der Waals surface area (Å²) < 4.78 is 5.08. The van der Waals surface area contributed by atoms with Gasteiger partial charge in [0.2, 0.25) is 0 Å². The molecule has 0 saturated carbocycles. The van der Waals surface area contributed by atoms with Gasteiger partial charge in [-0.05, 0) is 18.6 Å². The first-order valence-corrected chi connectivity index (χ1v) is 5.99. The van der Waals surface area contributed by atoms with Crippen LogP contribution in [-0.2, 0) is 0 Å². The van der Waals surface area contributed by atoms with Crippen molar-refractivity contribution in [3.63, 3.8) is 0 Å². The van der Waals surface area contributed by atoms with Crippen LogP contribution in [0.2, 0.25) is 0 Å². The standard InChI is InChI=1S/C13H18N2O3/c1-3-13(17)8-15(9-13)12(16)14-10-5-4-6-11(7-10)18-2/h4-7,17H,3,8-9H2,1-2H3,(H,14,16). The fourth-order valence-electron chi connectivity index (χ4n) is 1.93. The monoisotopic (exact) mass is 250 g/mol. The lowest BCUT2D eigenvalue weighted by Gasteiger charge is -2.45. The quantitative estimate of drug-likeness (QED) is 0.858. The predicted molar refractivity (Wildman–Crippen MR) is 68.8 cm³/mol. The Hall–Kier alpha value is -1.75. The summed E-state index contributed by atoms with van der Waals surface area (Å²) in [4.78, 5) is 13.4. The molecule has 2 rings (SSSR count). The smallest absolute Gasteiger partial charge is 0.322 e. The first-order valence-electron chi connectivity index (χ1n) is 5.99. The SMILES string of the molecule is CCC1(O)CN(C(=O)Nc2cccc(OC)c2)C1. The van der Waals surface area contributed by atoms with Gasteiger partial charge in [-0.3, -0.25) is 0 Å². The molecule has 1 aliphatic rings. The van der Waals surface area contributed by atoms with Crippen molar-refractivity contribution in [3.05, 3.63) is 24.3 Å². The molecule has 0 bridgehead atoms. The van der Waals surface area contributed by atoms with Gasteiger partial charge in [-0.1, -0.05) is 13.0 Å². The molecule has 1 fully saturated rings. The number of anilines is 1. The summed E-state index contributed by atoms with van der Waals surface area (Å²) in [6.07, 6.45) is 0.663. The molecule has 1 aromatic carbocycles. The number of nitrogens with one attached hydrogen (secondary N) is 1. The number of likely N-dealkylation sites (tertiary alicyclic amines) is 1. The van der Waals surface area contributed by atoms with Gasteiger partial charge >= 0.3 is 6.03 Å². The van der Waals surface area contributed by atoms with Gasteiger partial charge in [-0.15, -0.1) is 0 Å². The second-order valence-electron chi connectivity index (χ2n) is 4.60. The van der Waals surface area contributed by atoms with Crippen LogP contribution in [0.3, 0.4) is 0 Å². The first kappa shape index (κ1) is 12.7. The van der Waals surface area contributed by atoms with Crippen LogP contribution in [0.4, 0.5) is 10.5 Å². The van der Waals surface area contributed by atoms with E-state index >= 15 is 0 Å². The van der Waals surface area contributed by atoms with E-state index in [4.69, 9.17) is 4.74 Å². The maximum absolute atomic E-state index is 11.9. The molecule has 1 aromatic rings. The van der Waals surface area contributed by atoms with Crippen LogP contribution in [-0.4, -0.2) is 41.8 Å². The van der Waals surface area contributed by atoms with Crippen molar-refractivity contribution in [2.75, 3.05) is 25.5 Å². The number of hydrogen-bond donors (Lipinski definition) is 2. The lowest BCUT2D eigenvalue weighted by atomic mass is 9.92. The summed E-state index contributed by atoms with van der Waals surface area (Å²) in [5.74, 6) is 0.696. The molecule has 0 spiro atoms. The van der Waals surface area contributed by atoms with Gasteiger partial charge < -0.3 is 20.1 Å². The molecular formula is C13H18N2O3. The predicted octanol–water partition coefficient (Wildman–Crippen LogP) is 1.68. The minimum atomic E-state index is -0.703. The summed E-state index contributed by atoms with van der Waals surface area (Å²) >= 11 is 0. The van der Waals surface area contributed by atoms with Crippen molar-refractivity contribution >= 4 is 11.7 Å². The lowest BCUT2D eigenvalue weighted by molar-refractivity contribution is -0.0755. The van der Waals surface area contributed by atoms with Crippen LogP contribution < -0.4 is 10.1 Å². The van der Waals surface area contributed by atoms with Crippen molar-refractivity contribution in [1.82, 2.24) is 4.90 Å². The number of urea groups is 1. The Morgan fingerprint density at radius 1 is 1.56 bits per heavy atom. The Kier molecular flexibility index (Phi) is 3.43. The van der Waals surface area contributed by atoms with Gasteiger partial charge in [0, 0.05) is 11.8 Å². The second kappa shape index (κ2) is 4.86. The van der Waals surface area contributed by atoms with Crippen molar-refractivity contribution in [3.8, 4) is 5.75 Å². The zero-order valence-corrected chi connectivity index (χ0v) is 10.6. The Morgan fingerprint density at radius 2 is 2.28 bits per heavy atom. The third-order valence-electron chi connectivity index (χ3n) is 3.24. The highest BCUT2D eigenvalue weighted by atomic mass is 16.5. The van der Waals surface area contributed by atoms with Gasteiger partial charge in [0.25, 0.3) is 0 Å². The molecule has 0 aliphatic carbocycles. The number of benzene rings is 1. The minimum Gasteiger partial charge on any atom is -0.497 e. The van der Waals surface area contributed by atoms with E-state index < -0.39 is 5.60 Å². The number of β-amino-alcohol motifs (C(OH)–C–C–N with tert-alkyl or cyclic N) is 1. The van der Waals surface area contributed by atoms with E-state index in [1.165, 1.54) is 0 Å². The fourth-order valence-corrected chi connectivity index (χ4v) is 1.93. The molecule has 1 aliphatic heterocycles. The van der Waals surface area contributed by atoms with Gasteiger partial charge in [0.1, 0.15) is 5.75 Å². The Balaban J connectivity index is 1.92. The molecule has 0 radical (unpaired) electrons. The maximum Gasteiger partial charge on any atom is 0.322 e. The number of ether oxygens (including phenoxy) is 1. The summed E-state index contributed by atoms with van der Waals surface area (Å²) in [5.41, 5.74) is -0.0163. The highest BCUT2D eigenvalue weighted by Crippen LogP contribution is 2.25. The van der Waals surface area contributed by atoms with Crippen LogP contribution in [0, 0.1) is 0 Å². The number of aliphatic hydroxyl groups is 1. The van der Waals surface area contributed by atoms with Crippen LogP contribution in [0.5, 0.6) is 5.75 Å². The molecule has 5 nitrogen and oxygen atoms in total. The number of amides is 2. The van der Waals surface area contributed by atoms with E-state index in [0.717, 1.165) is 0 Å². The largest absolute Gasteiger partial charge is 0.497 e. The van der Waals surface area contributed by atoms with E-state index in [2.05, 4.69) is 5.32 Å². The van der Waals surface area contributed by atoms with E-state index in [9.17, 15) is 9.90 Å². The average molecular weight is 250 g/mol. The van der Waals surface area contributed by atoms with Crippen molar-refractivity contribution < 1.29 is 14.6 Å². The van der Waals surface area contributed by atoms with Crippen LogP contribution in [0.15, 0.2) is 24.3 Å². The number of rotatable bonds is 3. The molecule has 18 heavy (non-hydrogen) atoms. The lowest BCUT2D eigenvalue weighted by Crippen LogP contribution is -2.63. The highest BCUT2D eigenvalue weighted by molar-refractivity contribution is 5.90. The molecule has 2 N–H and O–H groups in total. The molecule has 98 valence electrons. The van der Waals surface area contributed by atoms with E-state index in [1.807, 2.05) is 19.1 Å². The molecule has 0 atom stereocenters. The average Bonchev–Trinajstić information content (AvgIpc) is 2.35. The summed E-state index contributed by atoms with van der Waals surface area (Å²) in [6, 6.07) is 6.99. The minimum absolute atomic E-state index is 0.193. The number of hydrogen-bond acceptors (Lipinski definition) is 3. The Morgan fingerprint density at radius 3 is 2.89 bits per heavy atom. The third-order valence-corrected chi connectivity index (χ3v) is 3.24. The van der Waals surface area contributed by atoms with Gasteiger partial charge in [0.05, 0.1) is 25.8 Å². The van der Waals surface area contributed by atoms with Gasteiger partial charge in [0.15, 0.2) is 0 Å². The molecule has 1 heterocycles. The summed E-state index contributed by atoms with van der Waals surface area (Å²) in [7, 11) is 1.58. The molecule has 0 aromatic heterocycles. The van der Waals surface area contributed by atoms with Crippen LogP contribution in [0.25, 0.3) is 0 Å². The summed E-state index contributed by atoms with van der Waals surface area (Å²) in [6.45, 7) is 2.69. The van der Waals surface area contributed by atoms with Crippen molar-refractivity contribution in [2.45, 2.75) is 18.9 Å². The second-order valence-corrected chi connectivity index (χ2v) is 4.60.